The third-order valence-electron chi connectivity index (χ3n) is 3.40. The maximum Gasteiger partial charge on any atom is 0.310 e. The maximum absolute atomic E-state index is 11.4. The molecule has 0 aromatic heterocycles. The second-order valence-electron chi connectivity index (χ2n) is 4.76. The summed E-state index contributed by atoms with van der Waals surface area (Å²) in [7, 11) is 1.61. The molecular formula is C14H18O4. The van der Waals surface area contributed by atoms with E-state index in [-0.39, 0.29) is 0 Å². The smallest absolute Gasteiger partial charge is 0.310 e. The number of methoxy groups -OCH3 is 1. The highest BCUT2D eigenvalue weighted by Gasteiger charge is 2.28. The van der Waals surface area contributed by atoms with Crippen molar-refractivity contribution in [2.75, 3.05) is 20.3 Å². The first-order valence-electron chi connectivity index (χ1n) is 6.07. The Hall–Kier alpha value is -1.55. The molecule has 0 amide bonds. The van der Waals surface area contributed by atoms with Gasteiger partial charge in [0, 0.05) is 5.92 Å². The van der Waals surface area contributed by atoms with Crippen molar-refractivity contribution in [2.24, 2.45) is 5.92 Å². The van der Waals surface area contributed by atoms with Crippen LogP contribution in [0.3, 0.4) is 0 Å². The Bertz CT molecular complexity index is 437. The van der Waals surface area contributed by atoms with E-state index in [0.717, 1.165) is 16.9 Å². The highest BCUT2D eigenvalue weighted by molar-refractivity contribution is 5.76. The molecule has 0 aliphatic carbocycles. The number of carbonyl (C=O) groups is 1. The van der Waals surface area contributed by atoms with Crippen molar-refractivity contribution in [1.82, 2.24) is 0 Å². The Balaban J connectivity index is 2.18. The maximum atomic E-state index is 11.4. The molecule has 1 aromatic carbocycles. The van der Waals surface area contributed by atoms with E-state index < -0.39 is 11.9 Å². The molecule has 0 radical (unpaired) electrons. The van der Waals surface area contributed by atoms with E-state index in [4.69, 9.17) is 9.47 Å². The molecule has 1 aromatic rings. The normalized spacial score (nSPS) is 17.0. The van der Waals surface area contributed by atoms with Crippen LogP contribution in [0.1, 0.15) is 23.5 Å². The number of ether oxygens (including phenoxy) is 2. The molecule has 1 aliphatic heterocycles. The van der Waals surface area contributed by atoms with Crippen molar-refractivity contribution in [2.45, 2.75) is 19.3 Å². The summed E-state index contributed by atoms with van der Waals surface area (Å²) in [5.74, 6) is -0.0710. The number of aliphatic carboxylic acids is 1. The van der Waals surface area contributed by atoms with Crippen molar-refractivity contribution >= 4 is 5.97 Å². The Labute approximate surface area is 107 Å². The van der Waals surface area contributed by atoms with Gasteiger partial charge in [-0.05, 0) is 30.5 Å². The zero-order valence-electron chi connectivity index (χ0n) is 10.7. The lowest BCUT2D eigenvalue weighted by atomic mass is 9.87. The summed E-state index contributed by atoms with van der Waals surface area (Å²) in [6.45, 7) is 3.28. The third kappa shape index (κ3) is 2.64. The Morgan fingerprint density at radius 3 is 2.72 bits per heavy atom. The summed E-state index contributed by atoms with van der Waals surface area (Å²) >= 11 is 0. The molecule has 98 valence electrons. The molecule has 1 unspecified atom stereocenters. The lowest BCUT2D eigenvalue weighted by Gasteiger charge is -2.28. The average Bonchev–Trinajstić information content (AvgIpc) is 2.27. The van der Waals surface area contributed by atoms with Crippen molar-refractivity contribution in [3.8, 4) is 5.75 Å². The van der Waals surface area contributed by atoms with Gasteiger partial charge in [0.25, 0.3) is 0 Å². The van der Waals surface area contributed by atoms with E-state index in [2.05, 4.69) is 0 Å². The van der Waals surface area contributed by atoms with E-state index >= 15 is 0 Å². The van der Waals surface area contributed by atoms with Crippen LogP contribution in [0.25, 0.3) is 0 Å². The largest absolute Gasteiger partial charge is 0.496 e. The van der Waals surface area contributed by atoms with E-state index in [1.54, 1.807) is 7.11 Å². The average molecular weight is 250 g/mol. The molecule has 1 saturated heterocycles. The second-order valence-corrected chi connectivity index (χ2v) is 4.76. The van der Waals surface area contributed by atoms with Gasteiger partial charge in [-0.1, -0.05) is 12.1 Å². The van der Waals surface area contributed by atoms with E-state index in [9.17, 15) is 9.90 Å². The van der Waals surface area contributed by atoms with Gasteiger partial charge in [-0.3, -0.25) is 4.79 Å². The second kappa shape index (κ2) is 5.40. The molecule has 4 nitrogen and oxygen atoms in total. The molecule has 1 heterocycles. The van der Waals surface area contributed by atoms with E-state index in [1.165, 1.54) is 0 Å². The van der Waals surface area contributed by atoms with Crippen LogP contribution in [-0.2, 0) is 9.53 Å². The summed E-state index contributed by atoms with van der Waals surface area (Å²) in [6.07, 6.45) is 0.640. The van der Waals surface area contributed by atoms with Crippen LogP contribution in [0, 0.1) is 12.8 Å². The van der Waals surface area contributed by atoms with Crippen LogP contribution in [0.2, 0.25) is 0 Å². The molecule has 18 heavy (non-hydrogen) atoms. The molecule has 1 atom stereocenters. The zero-order chi connectivity index (χ0) is 13.1. The molecule has 1 aliphatic rings. The molecule has 1 fully saturated rings. The van der Waals surface area contributed by atoms with E-state index in [0.29, 0.717) is 25.6 Å². The van der Waals surface area contributed by atoms with Crippen LogP contribution in [0.5, 0.6) is 5.75 Å². The lowest BCUT2D eigenvalue weighted by Crippen LogP contribution is -2.30. The fourth-order valence-corrected chi connectivity index (χ4v) is 2.25. The highest BCUT2D eigenvalue weighted by Crippen LogP contribution is 2.30. The molecular weight excluding hydrogens is 232 g/mol. The van der Waals surface area contributed by atoms with Gasteiger partial charge in [-0.15, -0.1) is 0 Å². The minimum absolute atomic E-state index is 0.369. The highest BCUT2D eigenvalue weighted by atomic mass is 16.5. The predicted molar refractivity (Wildman–Crippen MR) is 67.0 cm³/mol. The topological polar surface area (TPSA) is 55.8 Å². The van der Waals surface area contributed by atoms with Crippen LogP contribution >= 0.6 is 0 Å². The summed E-state index contributed by atoms with van der Waals surface area (Å²) in [6, 6.07) is 5.57. The van der Waals surface area contributed by atoms with Gasteiger partial charge in [0.2, 0.25) is 0 Å². The SMILES string of the molecule is COc1ccc(C(CC2COC2)C(=O)O)cc1C. The van der Waals surface area contributed by atoms with Gasteiger partial charge < -0.3 is 14.6 Å². The molecule has 0 saturated carbocycles. The van der Waals surface area contributed by atoms with Crippen LogP contribution < -0.4 is 4.74 Å². The summed E-state index contributed by atoms with van der Waals surface area (Å²) in [5.41, 5.74) is 1.80. The first-order chi connectivity index (χ1) is 8.61. The minimum atomic E-state index is -0.772. The number of carboxylic acid groups (broad SMARTS) is 1. The van der Waals surface area contributed by atoms with Gasteiger partial charge in [0.15, 0.2) is 0 Å². The minimum Gasteiger partial charge on any atom is -0.496 e. The van der Waals surface area contributed by atoms with Crippen molar-refractivity contribution in [1.29, 1.82) is 0 Å². The first kappa shape index (κ1) is 12.9. The molecule has 2 rings (SSSR count). The van der Waals surface area contributed by atoms with Crippen molar-refractivity contribution in [3.05, 3.63) is 29.3 Å². The molecule has 4 heteroatoms. The lowest BCUT2D eigenvalue weighted by molar-refractivity contribution is -0.140. The number of benzene rings is 1. The molecule has 0 spiro atoms. The standard InChI is InChI=1S/C14H18O4/c1-9-5-11(3-4-13(9)17-2)12(14(15)16)6-10-7-18-8-10/h3-5,10,12H,6-8H2,1-2H3,(H,15,16). The molecule has 0 bridgehead atoms. The summed E-state index contributed by atoms with van der Waals surface area (Å²) in [4.78, 5) is 11.4. The Morgan fingerprint density at radius 1 is 1.56 bits per heavy atom. The first-order valence-corrected chi connectivity index (χ1v) is 6.07. The Kier molecular flexibility index (Phi) is 3.87. The third-order valence-corrected chi connectivity index (χ3v) is 3.40. The predicted octanol–water partition coefficient (Wildman–Crippen LogP) is 2.21. The number of hydrogen-bond donors (Lipinski definition) is 1. The van der Waals surface area contributed by atoms with Crippen molar-refractivity contribution in [3.63, 3.8) is 0 Å². The Morgan fingerprint density at radius 2 is 2.28 bits per heavy atom. The number of hydrogen-bond acceptors (Lipinski definition) is 3. The summed E-state index contributed by atoms with van der Waals surface area (Å²) in [5, 5.41) is 9.34. The van der Waals surface area contributed by atoms with Gasteiger partial charge in [-0.25, -0.2) is 0 Å². The van der Waals surface area contributed by atoms with Crippen LogP contribution in [-0.4, -0.2) is 31.4 Å². The van der Waals surface area contributed by atoms with Gasteiger partial charge >= 0.3 is 5.97 Å². The quantitative estimate of drug-likeness (QED) is 0.870. The van der Waals surface area contributed by atoms with Gasteiger partial charge in [-0.2, -0.15) is 0 Å². The fourth-order valence-electron chi connectivity index (χ4n) is 2.25. The van der Waals surface area contributed by atoms with Crippen molar-refractivity contribution < 1.29 is 19.4 Å². The van der Waals surface area contributed by atoms with Crippen LogP contribution in [0.4, 0.5) is 0 Å². The van der Waals surface area contributed by atoms with Crippen LogP contribution in [0.15, 0.2) is 18.2 Å². The van der Waals surface area contributed by atoms with Gasteiger partial charge in [0.05, 0.1) is 26.2 Å². The zero-order valence-corrected chi connectivity index (χ0v) is 10.7. The number of rotatable bonds is 5. The monoisotopic (exact) mass is 250 g/mol. The van der Waals surface area contributed by atoms with Gasteiger partial charge in [0.1, 0.15) is 5.75 Å². The number of carboxylic acids is 1. The molecule has 1 N–H and O–H groups in total. The van der Waals surface area contributed by atoms with E-state index in [1.807, 2.05) is 25.1 Å². The number of aryl methyl sites for hydroxylation is 1. The fraction of sp³-hybridized carbons (Fsp3) is 0.500. The summed E-state index contributed by atoms with van der Waals surface area (Å²) < 4.78 is 10.3.